The zero-order chi connectivity index (χ0) is 22.0. The lowest BCUT2D eigenvalue weighted by atomic mass is 10.1. The van der Waals surface area contributed by atoms with Crippen LogP contribution in [-0.2, 0) is 10.0 Å². The first-order valence-corrected chi connectivity index (χ1v) is 11.7. The fourth-order valence-corrected chi connectivity index (χ4v) is 5.53. The molecule has 4 aromatic rings. The predicted molar refractivity (Wildman–Crippen MR) is 123 cm³/mol. The molecule has 0 radical (unpaired) electrons. The number of fused-ring (bicyclic) bond motifs is 1. The van der Waals surface area contributed by atoms with Crippen molar-refractivity contribution >= 4 is 55.5 Å². The Labute approximate surface area is 188 Å². The van der Waals surface area contributed by atoms with Crippen LogP contribution in [0.15, 0.2) is 99.6 Å². The van der Waals surface area contributed by atoms with E-state index in [1.165, 1.54) is 30.0 Å². The van der Waals surface area contributed by atoms with Gasteiger partial charge in [0.2, 0.25) is 0 Å². The van der Waals surface area contributed by atoms with E-state index in [4.69, 9.17) is 11.6 Å². The Balaban J connectivity index is 1.54. The molecule has 0 aliphatic carbocycles. The SMILES string of the molecule is O=[N+]([O-])c1ccc(Sc2ccc(NS(=O)(=O)c3cccc4cccc(Cl)c34)cc2)cc1. The van der Waals surface area contributed by atoms with Crippen molar-refractivity contribution in [3.8, 4) is 0 Å². The number of non-ortho nitro benzene ring substituents is 1. The maximum atomic E-state index is 13.0. The van der Waals surface area contributed by atoms with E-state index in [0.717, 1.165) is 15.2 Å². The summed E-state index contributed by atoms with van der Waals surface area (Å²) in [6.07, 6.45) is 0. The lowest BCUT2D eigenvalue weighted by Crippen LogP contribution is -2.13. The molecule has 156 valence electrons. The van der Waals surface area contributed by atoms with Gasteiger partial charge in [0.25, 0.3) is 15.7 Å². The molecule has 6 nitrogen and oxygen atoms in total. The molecule has 0 saturated carbocycles. The summed E-state index contributed by atoms with van der Waals surface area (Å²) in [5, 5.41) is 12.3. The Hall–Kier alpha value is -3.07. The summed E-state index contributed by atoms with van der Waals surface area (Å²) in [6, 6.07) is 23.4. The van der Waals surface area contributed by atoms with Crippen molar-refractivity contribution in [2.45, 2.75) is 14.7 Å². The van der Waals surface area contributed by atoms with Crippen LogP contribution < -0.4 is 4.72 Å². The van der Waals surface area contributed by atoms with Gasteiger partial charge in [-0.3, -0.25) is 14.8 Å². The zero-order valence-electron chi connectivity index (χ0n) is 15.9. The first kappa shape index (κ1) is 21.2. The lowest BCUT2D eigenvalue weighted by molar-refractivity contribution is -0.384. The lowest BCUT2D eigenvalue weighted by Gasteiger charge is -2.12. The molecule has 4 rings (SSSR count). The van der Waals surface area contributed by atoms with Crippen molar-refractivity contribution in [1.82, 2.24) is 0 Å². The second-order valence-electron chi connectivity index (χ2n) is 6.58. The maximum Gasteiger partial charge on any atom is 0.269 e. The Morgan fingerprint density at radius 3 is 2.03 bits per heavy atom. The highest BCUT2D eigenvalue weighted by Gasteiger charge is 2.19. The van der Waals surface area contributed by atoms with Crippen LogP contribution in [0.5, 0.6) is 0 Å². The summed E-state index contributed by atoms with van der Waals surface area (Å²) in [4.78, 5) is 12.1. The molecular formula is C22H15ClN2O4S2. The molecule has 1 N–H and O–H groups in total. The fraction of sp³-hybridized carbons (Fsp3) is 0. The summed E-state index contributed by atoms with van der Waals surface area (Å²) in [5.74, 6) is 0. The van der Waals surface area contributed by atoms with Crippen molar-refractivity contribution < 1.29 is 13.3 Å². The number of nitrogens with one attached hydrogen (secondary N) is 1. The average Bonchev–Trinajstić information content (AvgIpc) is 2.75. The molecule has 0 aliphatic rings. The van der Waals surface area contributed by atoms with Gasteiger partial charge in [0.05, 0.1) is 9.82 Å². The molecule has 0 heterocycles. The summed E-state index contributed by atoms with van der Waals surface area (Å²) in [6.45, 7) is 0. The second kappa shape index (κ2) is 8.58. The molecular weight excluding hydrogens is 456 g/mol. The van der Waals surface area contributed by atoms with E-state index in [0.29, 0.717) is 16.1 Å². The van der Waals surface area contributed by atoms with E-state index >= 15 is 0 Å². The summed E-state index contributed by atoms with van der Waals surface area (Å²) in [5.41, 5.74) is 0.444. The first-order valence-electron chi connectivity index (χ1n) is 9.06. The molecule has 0 spiro atoms. The molecule has 0 saturated heterocycles. The van der Waals surface area contributed by atoms with Gasteiger partial charge in [-0.15, -0.1) is 0 Å². The number of nitro benzene ring substituents is 1. The van der Waals surface area contributed by atoms with Gasteiger partial charge in [0.15, 0.2) is 0 Å². The highest BCUT2D eigenvalue weighted by molar-refractivity contribution is 7.99. The molecule has 0 aromatic heterocycles. The van der Waals surface area contributed by atoms with E-state index < -0.39 is 14.9 Å². The van der Waals surface area contributed by atoms with Gasteiger partial charge in [-0.25, -0.2) is 8.42 Å². The number of anilines is 1. The molecule has 0 unspecified atom stereocenters. The number of rotatable bonds is 6. The zero-order valence-corrected chi connectivity index (χ0v) is 18.2. The van der Waals surface area contributed by atoms with E-state index in [2.05, 4.69) is 4.72 Å². The van der Waals surface area contributed by atoms with Crippen LogP contribution in [0, 0.1) is 10.1 Å². The normalized spacial score (nSPS) is 11.4. The number of sulfonamides is 1. The molecule has 31 heavy (non-hydrogen) atoms. The number of hydrogen-bond acceptors (Lipinski definition) is 5. The minimum absolute atomic E-state index is 0.0302. The Bertz CT molecular complexity index is 1370. The van der Waals surface area contributed by atoms with Crippen LogP contribution in [0.4, 0.5) is 11.4 Å². The van der Waals surface area contributed by atoms with Gasteiger partial charge in [-0.2, -0.15) is 0 Å². The molecule has 0 aliphatic heterocycles. The van der Waals surface area contributed by atoms with Crippen LogP contribution in [0.3, 0.4) is 0 Å². The topological polar surface area (TPSA) is 89.3 Å². The van der Waals surface area contributed by atoms with E-state index in [1.54, 1.807) is 54.6 Å². The summed E-state index contributed by atoms with van der Waals surface area (Å²) >= 11 is 7.68. The van der Waals surface area contributed by atoms with Crippen molar-refractivity contribution in [3.63, 3.8) is 0 Å². The van der Waals surface area contributed by atoms with Gasteiger partial charge in [0, 0.05) is 38.0 Å². The number of nitrogens with zero attached hydrogens (tertiary/aromatic N) is 1. The van der Waals surface area contributed by atoms with Crippen LogP contribution in [0.1, 0.15) is 0 Å². The predicted octanol–water partition coefficient (Wildman–Crippen LogP) is 6.35. The summed E-state index contributed by atoms with van der Waals surface area (Å²) in [7, 11) is -3.85. The van der Waals surface area contributed by atoms with Crippen LogP contribution in [0.25, 0.3) is 10.8 Å². The van der Waals surface area contributed by atoms with Gasteiger partial charge in [-0.05, 0) is 53.9 Å². The third-order valence-corrected chi connectivity index (χ3v) is 7.25. The first-order chi connectivity index (χ1) is 14.8. The van der Waals surface area contributed by atoms with Gasteiger partial charge in [-0.1, -0.05) is 47.6 Å². The third kappa shape index (κ3) is 4.66. The number of benzene rings is 4. The quantitative estimate of drug-likeness (QED) is 0.262. The maximum absolute atomic E-state index is 13.0. The molecule has 0 amide bonds. The van der Waals surface area contributed by atoms with Crippen molar-refractivity contribution in [2.24, 2.45) is 0 Å². The average molecular weight is 471 g/mol. The minimum atomic E-state index is -3.85. The molecule has 4 aromatic carbocycles. The second-order valence-corrected chi connectivity index (χ2v) is 9.78. The molecule has 0 fully saturated rings. The van der Waals surface area contributed by atoms with Gasteiger partial charge >= 0.3 is 0 Å². The monoisotopic (exact) mass is 470 g/mol. The van der Waals surface area contributed by atoms with Crippen molar-refractivity contribution in [2.75, 3.05) is 4.72 Å². The number of hydrogen-bond donors (Lipinski definition) is 1. The fourth-order valence-electron chi connectivity index (χ4n) is 3.06. The van der Waals surface area contributed by atoms with E-state index in [-0.39, 0.29) is 10.6 Å². The van der Waals surface area contributed by atoms with Crippen molar-refractivity contribution in [3.05, 3.63) is 100 Å². The third-order valence-electron chi connectivity index (χ3n) is 4.49. The van der Waals surface area contributed by atoms with Crippen LogP contribution in [-0.4, -0.2) is 13.3 Å². The largest absolute Gasteiger partial charge is 0.280 e. The molecule has 0 bridgehead atoms. The smallest absolute Gasteiger partial charge is 0.269 e. The highest BCUT2D eigenvalue weighted by Crippen LogP contribution is 2.32. The molecule has 9 heteroatoms. The van der Waals surface area contributed by atoms with E-state index in [9.17, 15) is 18.5 Å². The van der Waals surface area contributed by atoms with Gasteiger partial charge < -0.3 is 0 Å². The Morgan fingerprint density at radius 1 is 0.839 bits per heavy atom. The van der Waals surface area contributed by atoms with Crippen LogP contribution >= 0.6 is 23.4 Å². The molecule has 0 atom stereocenters. The van der Waals surface area contributed by atoms with Crippen LogP contribution in [0.2, 0.25) is 5.02 Å². The standard InChI is InChI=1S/C22H15ClN2O4S2/c23-20-5-1-3-15-4-2-6-21(22(15)20)31(28,29)24-16-7-11-18(12-8-16)30-19-13-9-17(10-14-19)25(26)27/h1-14,24H. The number of nitro groups is 1. The van der Waals surface area contributed by atoms with E-state index in [1.807, 2.05) is 12.1 Å². The Morgan fingerprint density at radius 2 is 1.42 bits per heavy atom. The Kier molecular flexibility index (Phi) is 5.86. The highest BCUT2D eigenvalue weighted by atomic mass is 35.5. The van der Waals surface area contributed by atoms with Crippen molar-refractivity contribution in [1.29, 1.82) is 0 Å². The summed E-state index contributed by atoms with van der Waals surface area (Å²) < 4.78 is 28.6. The number of halogens is 1. The van der Waals surface area contributed by atoms with Gasteiger partial charge in [0.1, 0.15) is 0 Å². The minimum Gasteiger partial charge on any atom is -0.280 e.